The van der Waals surface area contributed by atoms with Crippen molar-refractivity contribution < 1.29 is 14.4 Å². The van der Waals surface area contributed by atoms with Crippen molar-refractivity contribution in [2.75, 3.05) is 53.4 Å². The first-order chi connectivity index (χ1) is 12.3. The molecule has 3 rings (SSSR count). The molecule has 142 valence electrons. The van der Waals surface area contributed by atoms with Gasteiger partial charge in [0.25, 0.3) is 5.91 Å². The second-order valence-corrected chi connectivity index (χ2v) is 8.33. The van der Waals surface area contributed by atoms with E-state index in [1.165, 1.54) is 11.3 Å². The zero-order valence-corrected chi connectivity index (χ0v) is 16.4. The molecule has 0 aromatic carbocycles. The highest BCUT2D eigenvalue weighted by molar-refractivity contribution is 7.12. The quantitative estimate of drug-likeness (QED) is 0.782. The van der Waals surface area contributed by atoms with Crippen LogP contribution in [-0.2, 0) is 4.79 Å². The average molecular weight is 378 g/mol. The van der Waals surface area contributed by atoms with Crippen molar-refractivity contribution in [3.05, 3.63) is 22.4 Å². The third-order valence-corrected chi connectivity index (χ3v) is 6.01. The minimum absolute atomic E-state index is 0.0130. The number of carbonyl (C=O) groups excluding carboxylic acids is 3. The normalized spacial score (nSPS) is 23.5. The zero-order chi connectivity index (χ0) is 18.9. The standard InChI is InChI=1S/C18H26N4O3S/c1-4-20-11-18(10-15(20)23)12-21(16(24)14-6-5-9-26-14)7-8-22(13-18)17(25)19(2)3/h5-6,9H,4,7-8,10-13H2,1-3H3/t18-/m0/s1. The van der Waals surface area contributed by atoms with E-state index in [1.807, 2.05) is 34.2 Å². The van der Waals surface area contributed by atoms with Gasteiger partial charge in [-0.3, -0.25) is 9.59 Å². The maximum absolute atomic E-state index is 12.9. The fraction of sp³-hybridized carbons (Fsp3) is 0.611. The molecule has 0 bridgehead atoms. The van der Waals surface area contributed by atoms with Crippen LogP contribution in [-0.4, -0.2) is 90.8 Å². The molecular weight excluding hydrogens is 352 g/mol. The molecule has 8 heteroatoms. The first kappa shape index (κ1) is 18.7. The van der Waals surface area contributed by atoms with Crippen LogP contribution in [0.3, 0.4) is 0 Å². The highest BCUT2D eigenvalue weighted by Gasteiger charge is 2.47. The number of hydrogen-bond donors (Lipinski definition) is 0. The summed E-state index contributed by atoms with van der Waals surface area (Å²) in [5, 5.41) is 1.89. The first-order valence-corrected chi connectivity index (χ1v) is 9.80. The van der Waals surface area contributed by atoms with Gasteiger partial charge in [-0.15, -0.1) is 11.3 Å². The summed E-state index contributed by atoms with van der Waals surface area (Å²) in [6.07, 6.45) is 0.381. The Bertz CT molecular complexity index is 691. The molecule has 0 aliphatic carbocycles. The van der Waals surface area contributed by atoms with Gasteiger partial charge in [0.1, 0.15) is 0 Å². The molecule has 2 aliphatic rings. The molecule has 0 unspecified atom stereocenters. The molecule has 7 nitrogen and oxygen atoms in total. The topological polar surface area (TPSA) is 64.2 Å². The van der Waals surface area contributed by atoms with Crippen LogP contribution in [0.15, 0.2) is 17.5 Å². The minimum Gasteiger partial charge on any atom is -0.342 e. The van der Waals surface area contributed by atoms with Gasteiger partial charge in [0, 0.05) is 65.2 Å². The van der Waals surface area contributed by atoms with Crippen molar-refractivity contribution in [3.63, 3.8) is 0 Å². The fourth-order valence-corrected chi connectivity index (χ4v) is 4.61. The van der Waals surface area contributed by atoms with Gasteiger partial charge in [0.05, 0.1) is 4.88 Å². The maximum atomic E-state index is 12.9. The van der Waals surface area contributed by atoms with E-state index in [0.29, 0.717) is 50.6 Å². The molecule has 1 atom stereocenters. The molecule has 0 N–H and O–H groups in total. The van der Waals surface area contributed by atoms with Gasteiger partial charge in [-0.2, -0.15) is 0 Å². The summed E-state index contributed by atoms with van der Waals surface area (Å²) in [5.74, 6) is 0.0936. The van der Waals surface area contributed by atoms with Crippen molar-refractivity contribution >= 4 is 29.2 Å². The molecule has 1 aromatic heterocycles. The summed E-state index contributed by atoms with van der Waals surface area (Å²) in [6, 6.07) is 3.62. The van der Waals surface area contributed by atoms with E-state index in [1.54, 1.807) is 23.9 Å². The van der Waals surface area contributed by atoms with Gasteiger partial charge >= 0.3 is 6.03 Å². The van der Waals surface area contributed by atoms with Crippen molar-refractivity contribution in [2.24, 2.45) is 5.41 Å². The Balaban J connectivity index is 1.88. The molecule has 26 heavy (non-hydrogen) atoms. The summed E-state index contributed by atoms with van der Waals surface area (Å²) >= 11 is 1.42. The number of carbonyl (C=O) groups is 3. The minimum atomic E-state index is -0.401. The van der Waals surface area contributed by atoms with Gasteiger partial charge in [-0.1, -0.05) is 6.07 Å². The number of likely N-dealkylation sites (tertiary alicyclic amines) is 1. The van der Waals surface area contributed by atoms with E-state index in [-0.39, 0.29) is 17.8 Å². The van der Waals surface area contributed by atoms with Crippen LogP contribution in [0, 0.1) is 5.41 Å². The van der Waals surface area contributed by atoms with E-state index in [4.69, 9.17) is 0 Å². The van der Waals surface area contributed by atoms with Crippen LogP contribution >= 0.6 is 11.3 Å². The number of hydrogen-bond acceptors (Lipinski definition) is 4. The lowest BCUT2D eigenvalue weighted by atomic mass is 9.86. The monoisotopic (exact) mass is 378 g/mol. The lowest BCUT2D eigenvalue weighted by Gasteiger charge is -2.34. The van der Waals surface area contributed by atoms with Crippen LogP contribution in [0.5, 0.6) is 0 Å². The van der Waals surface area contributed by atoms with Crippen LogP contribution in [0.25, 0.3) is 0 Å². The molecule has 1 spiro atoms. The van der Waals surface area contributed by atoms with Crippen molar-refractivity contribution in [1.29, 1.82) is 0 Å². The Morgan fingerprint density at radius 1 is 1.19 bits per heavy atom. The Morgan fingerprint density at radius 2 is 1.88 bits per heavy atom. The van der Waals surface area contributed by atoms with Gasteiger partial charge in [-0.05, 0) is 18.4 Å². The second kappa shape index (κ2) is 7.26. The highest BCUT2D eigenvalue weighted by atomic mass is 32.1. The van der Waals surface area contributed by atoms with E-state index in [2.05, 4.69) is 0 Å². The number of thiophene rings is 1. The van der Waals surface area contributed by atoms with Crippen molar-refractivity contribution in [3.8, 4) is 0 Å². The zero-order valence-electron chi connectivity index (χ0n) is 15.6. The molecule has 4 amide bonds. The third-order valence-electron chi connectivity index (χ3n) is 5.15. The Hall–Kier alpha value is -2.09. The summed E-state index contributed by atoms with van der Waals surface area (Å²) < 4.78 is 0. The molecule has 1 aromatic rings. The van der Waals surface area contributed by atoms with Gasteiger partial charge in [0.2, 0.25) is 5.91 Å². The highest BCUT2D eigenvalue weighted by Crippen LogP contribution is 2.35. The fourth-order valence-electron chi connectivity index (χ4n) is 3.92. The number of rotatable bonds is 2. The SMILES string of the molecule is CCN1C[C@@]2(CC1=O)CN(C(=O)c1cccs1)CCN(C(=O)N(C)C)C2. The van der Waals surface area contributed by atoms with Crippen molar-refractivity contribution in [1.82, 2.24) is 19.6 Å². The van der Waals surface area contributed by atoms with Crippen LogP contribution in [0.2, 0.25) is 0 Å². The van der Waals surface area contributed by atoms with Crippen LogP contribution in [0.4, 0.5) is 4.79 Å². The predicted octanol–water partition coefficient (Wildman–Crippen LogP) is 1.43. The smallest absolute Gasteiger partial charge is 0.319 e. The number of nitrogens with zero attached hydrogens (tertiary/aromatic N) is 4. The molecule has 2 saturated heterocycles. The molecule has 2 fully saturated rings. The molecule has 0 saturated carbocycles. The van der Waals surface area contributed by atoms with E-state index < -0.39 is 5.41 Å². The Labute approximate surface area is 158 Å². The molecule has 0 radical (unpaired) electrons. The lowest BCUT2D eigenvalue weighted by molar-refractivity contribution is -0.127. The largest absolute Gasteiger partial charge is 0.342 e. The van der Waals surface area contributed by atoms with Gasteiger partial charge in [-0.25, -0.2) is 4.79 Å². The Morgan fingerprint density at radius 3 is 2.46 bits per heavy atom. The number of amides is 4. The molecule has 3 heterocycles. The van der Waals surface area contributed by atoms with E-state index in [9.17, 15) is 14.4 Å². The molecular formula is C18H26N4O3S. The average Bonchev–Trinajstić information content (AvgIpc) is 3.19. The number of urea groups is 1. The first-order valence-electron chi connectivity index (χ1n) is 8.92. The van der Waals surface area contributed by atoms with Gasteiger partial charge in [0.15, 0.2) is 0 Å². The van der Waals surface area contributed by atoms with Crippen LogP contribution < -0.4 is 0 Å². The third kappa shape index (κ3) is 3.56. The molecule has 2 aliphatic heterocycles. The maximum Gasteiger partial charge on any atom is 0.319 e. The predicted molar refractivity (Wildman–Crippen MR) is 100 cm³/mol. The Kier molecular flexibility index (Phi) is 5.22. The van der Waals surface area contributed by atoms with Crippen LogP contribution in [0.1, 0.15) is 23.0 Å². The summed E-state index contributed by atoms with van der Waals surface area (Å²) in [5.41, 5.74) is -0.401. The summed E-state index contributed by atoms with van der Waals surface area (Å²) in [6.45, 7) is 5.18. The van der Waals surface area contributed by atoms with E-state index >= 15 is 0 Å². The lowest BCUT2D eigenvalue weighted by Crippen LogP contribution is -2.47. The van der Waals surface area contributed by atoms with Crippen molar-refractivity contribution in [2.45, 2.75) is 13.3 Å². The summed E-state index contributed by atoms with van der Waals surface area (Å²) in [7, 11) is 3.46. The van der Waals surface area contributed by atoms with E-state index in [0.717, 1.165) is 0 Å². The summed E-state index contributed by atoms with van der Waals surface area (Å²) in [4.78, 5) is 45.6. The van der Waals surface area contributed by atoms with Gasteiger partial charge < -0.3 is 19.6 Å². The second-order valence-electron chi connectivity index (χ2n) is 7.39.